The van der Waals surface area contributed by atoms with Gasteiger partial charge in [0.1, 0.15) is 0 Å². The van der Waals surface area contributed by atoms with Gasteiger partial charge < -0.3 is 10.5 Å². The Morgan fingerprint density at radius 2 is 2.14 bits per heavy atom. The van der Waals surface area contributed by atoms with Gasteiger partial charge in [-0.3, -0.25) is 0 Å². The first-order chi connectivity index (χ1) is 6.54. The summed E-state index contributed by atoms with van der Waals surface area (Å²) in [5.74, 6) is 0. The summed E-state index contributed by atoms with van der Waals surface area (Å²) in [6.07, 6.45) is 5.30. The van der Waals surface area contributed by atoms with Crippen LogP contribution in [0, 0.1) is 5.41 Å². The lowest BCUT2D eigenvalue weighted by Crippen LogP contribution is -2.60. The Bertz CT molecular complexity index is 183. The van der Waals surface area contributed by atoms with Gasteiger partial charge in [0.25, 0.3) is 0 Å². The molecular formula is C12H25NO. The second kappa shape index (κ2) is 4.63. The molecule has 1 aliphatic rings. The summed E-state index contributed by atoms with van der Waals surface area (Å²) in [7, 11) is 0. The Balaban J connectivity index is 2.40. The maximum Gasteiger partial charge on any atom is 0.0661 e. The Kier molecular flexibility index (Phi) is 3.96. The summed E-state index contributed by atoms with van der Waals surface area (Å²) < 4.78 is 6.02. The predicted octanol–water partition coefficient (Wildman–Crippen LogP) is 2.71. The minimum atomic E-state index is 0.224. The van der Waals surface area contributed by atoms with E-state index in [1.165, 1.54) is 6.42 Å². The molecule has 0 aromatic rings. The maximum atomic E-state index is 6.03. The summed E-state index contributed by atoms with van der Waals surface area (Å²) >= 11 is 0. The molecule has 0 amide bonds. The Labute approximate surface area is 88.2 Å². The molecular weight excluding hydrogens is 174 g/mol. The average Bonchev–Trinajstić information content (AvgIpc) is 2.16. The van der Waals surface area contributed by atoms with Crippen molar-refractivity contribution in [3.63, 3.8) is 0 Å². The van der Waals surface area contributed by atoms with Crippen LogP contribution < -0.4 is 5.73 Å². The lowest BCUT2D eigenvalue weighted by molar-refractivity contribution is -0.145. The van der Waals surface area contributed by atoms with Crippen molar-refractivity contribution in [3.8, 4) is 0 Å². The molecule has 14 heavy (non-hydrogen) atoms. The first-order valence-electron chi connectivity index (χ1n) is 5.95. The summed E-state index contributed by atoms with van der Waals surface area (Å²) in [6.45, 7) is 8.83. The average molecular weight is 199 g/mol. The molecule has 0 heterocycles. The molecule has 0 aromatic heterocycles. The number of ether oxygens (including phenoxy) is 1. The van der Waals surface area contributed by atoms with Gasteiger partial charge in [-0.05, 0) is 26.2 Å². The minimum absolute atomic E-state index is 0.224. The van der Waals surface area contributed by atoms with Crippen molar-refractivity contribution in [2.75, 3.05) is 0 Å². The van der Waals surface area contributed by atoms with E-state index in [0.29, 0.717) is 18.2 Å². The van der Waals surface area contributed by atoms with Gasteiger partial charge >= 0.3 is 0 Å². The summed E-state index contributed by atoms with van der Waals surface area (Å²) in [5.41, 5.74) is 6.25. The third kappa shape index (κ3) is 2.12. The topological polar surface area (TPSA) is 35.2 Å². The second-order valence-corrected chi connectivity index (χ2v) is 4.93. The Morgan fingerprint density at radius 3 is 2.57 bits per heavy atom. The SMILES string of the molecule is CCCC(C)OC1CC(N)C1(C)CC. The molecule has 84 valence electrons. The number of hydrogen-bond acceptors (Lipinski definition) is 2. The molecule has 0 aliphatic heterocycles. The zero-order valence-electron chi connectivity index (χ0n) is 10.0. The van der Waals surface area contributed by atoms with Crippen LogP contribution in [0.3, 0.4) is 0 Å². The molecule has 0 saturated heterocycles. The van der Waals surface area contributed by atoms with Crippen LogP contribution in [-0.2, 0) is 4.74 Å². The molecule has 0 radical (unpaired) electrons. The van der Waals surface area contributed by atoms with Crippen molar-refractivity contribution in [2.45, 2.75) is 71.6 Å². The van der Waals surface area contributed by atoms with Crippen molar-refractivity contribution in [2.24, 2.45) is 11.1 Å². The van der Waals surface area contributed by atoms with Crippen LogP contribution in [0.15, 0.2) is 0 Å². The van der Waals surface area contributed by atoms with E-state index in [1.54, 1.807) is 0 Å². The highest BCUT2D eigenvalue weighted by Gasteiger charge is 2.49. The van der Waals surface area contributed by atoms with Crippen LogP contribution in [0.25, 0.3) is 0 Å². The van der Waals surface area contributed by atoms with Crippen LogP contribution in [-0.4, -0.2) is 18.2 Å². The van der Waals surface area contributed by atoms with Crippen molar-refractivity contribution < 1.29 is 4.74 Å². The Morgan fingerprint density at radius 1 is 1.50 bits per heavy atom. The normalized spacial score (nSPS) is 39.2. The summed E-state index contributed by atoms with van der Waals surface area (Å²) in [6, 6.07) is 0.339. The van der Waals surface area contributed by atoms with E-state index < -0.39 is 0 Å². The Hall–Kier alpha value is -0.0800. The highest BCUT2D eigenvalue weighted by atomic mass is 16.5. The quantitative estimate of drug-likeness (QED) is 0.739. The van der Waals surface area contributed by atoms with Crippen molar-refractivity contribution in [3.05, 3.63) is 0 Å². The van der Waals surface area contributed by atoms with Gasteiger partial charge in [-0.15, -0.1) is 0 Å². The highest BCUT2D eigenvalue weighted by Crippen LogP contribution is 2.45. The lowest BCUT2D eigenvalue weighted by atomic mass is 9.62. The molecule has 0 bridgehead atoms. The highest BCUT2D eigenvalue weighted by molar-refractivity contribution is 5.03. The number of hydrogen-bond donors (Lipinski definition) is 1. The first-order valence-corrected chi connectivity index (χ1v) is 5.95. The molecule has 1 saturated carbocycles. The van der Waals surface area contributed by atoms with Crippen LogP contribution in [0.5, 0.6) is 0 Å². The van der Waals surface area contributed by atoms with E-state index in [2.05, 4.69) is 27.7 Å². The molecule has 4 unspecified atom stereocenters. The van der Waals surface area contributed by atoms with E-state index in [1.807, 2.05) is 0 Å². The first kappa shape index (κ1) is 12.0. The fourth-order valence-electron chi connectivity index (χ4n) is 2.30. The molecule has 2 nitrogen and oxygen atoms in total. The van der Waals surface area contributed by atoms with Crippen LogP contribution in [0.1, 0.15) is 53.4 Å². The minimum Gasteiger partial charge on any atom is -0.375 e. The number of rotatable bonds is 5. The molecule has 0 aromatic carbocycles. The lowest BCUT2D eigenvalue weighted by Gasteiger charge is -2.52. The molecule has 1 fully saturated rings. The monoisotopic (exact) mass is 199 g/mol. The van der Waals surface area contributed by atoms with Crippen molar-refractivity contribution in [1.29, 1.82) is 0 Å². The zero-order valence-corrected chi connectivity index (χ0v) is 10.0. The van der Waals surface area contributed by atoms with Crippen LogP contribution in [0.2, 0.25) is 0 Å². The van der Waals surface area contributed by atoms with Gasteiger partial charge in [0, 0.05) is 11.5 Å². The van der Waals surface area contributed by atoms with Gasteiger partial charge in [0.2, 0.25) is 0 Å². The molecule has 2 heteroatoms. The van der Waals surface area contributed by atoms with Gasteiger partial charge in [0.15, 0.2) is 0 Å². The third-order valence-corrected chi connectivity index (χ3v) is 3.90. The zero-order chi connectivity index (χ0) is 10.8. The molecule has 4 atom stereocenters. The third-order valence-electron chi connectivity index (χ3n) is 3.90. The van der Waals surface area contributed by atoms with E-state index in [-0.39, 0.29) is 5.41 Å². The molecule has 2 N–H and O–H groups in total. The van der Waals surface area contributed by atoms with Crippen LogP contribution >= 0.6 is 0 Å². The van der Waals surface area contributed by atoms with Gasteiger partial charge in [0.05, 0.1) is 12.2 Å². The smallest absolute Gasteiger partial charge is 0.0661 e. The second-order valence-electron chi connectivity index (χ2n) is 4.93. The van der Waals surface area contributed by atoms with E-state index in [9.17, 15) is 0 Å². The summed E-state index contributed by atoms with van der Waals surface area (Å²) in [4.78, 5) is 0. The van der Waals surface area contributed by atoms with Crippen molar-refractivity contribution in [1.82, 2.24) is 0 Å². The standard InChI is InChI=1S/C12H25NO/c1-5-7-9(3)14-11-8-10(13)12(11,4)6-2/h9-11H,5-8,13H2,1-4H3. The van der Waals surface area contributed by atoms with Crippen LogP contribution in [0.4, 0.5) is 0 Å². The predicted molar refractivity (Wildman–Crippen MR) is 60.2 cm³/mol. The van der Waals surface area contributed by atoms with Gasteiger partial charge in [-0.1, -0.05) is 27.2 Å². The van der Waals surface area contributed by atoms with E-state index >= 15 is 0 Å². The van der Waals surface area contributed by atoms with Crippen molar-refractivity contribution >= 4 is 0 Å². The van der Waals surface area contributed by atoms with E-state index in [4.69, 9.17) is 10.5 Å². The fourth-order valence-corrected chi connectivity index (χ4v) is 2.30. The summed E-state index contributed by atoms with van der Waals surface area (Å²) in [5, 5.41) is 0. The molecule has 1 rings (SSSR count). The fraction of sp³-hybridized carbons (Fsp3) is 1.00. The molecule has 0 spiro atoms. The molecule has 1 aliphatic carbocycles. The van der Waals surface area contributed by atoms with E-state index in [0.717, 1.165) is 19.3 Å². The largest absolute Gasteiger partial charge is 0.375 e. The maximum absolute atomic E-state index is 6.03. The van der Waals surface area contributed by atoms with Gasteiger partial charge in [-0.2, -0.15) is 0 Å². The number of nitrogens with two attached hydrogens (primary N) is 1. The van der Waals surface area contributed by atoms with Gasteiger partial charge in [-0.25, -0.2) is 0 Å².